The fraction of sp³-hybridized carbons (Fsp3) is 0.917. The minimum Gasteiger partial charge on any atom is -0.355 e. The van der Waals surface area contributed by atoms with Crippen molar-refractivity contribution < 1.29 is 4.79 Å². The molecular weight excluding hydrogens is 202 g/mol. The van der Waals surface area contributed by atoms with Gasteiger partial charge in [0, 0.05) is 25.0 Å². The van der Waals surface area contributed by atoms with Crippen LogP contribution in [0.25, 0.3) is 0 Å². The molecule has 2 saturated carbocycles. The van der Waals surface area contributed by atoms with E-state index in [2.05, 4.69) is 10.6 Å². The molecule has 2 unspecified atom stereocenters. The highest BCUT2D eigenvalue weighted by atomic mass is 16.2. The summed E-state index contributed by atoms with van der Waals surface area (Å²) in [7, 11) is 0. The van der Waals surface area contributed by atoms with Crippen LogP contribution in [0.2, 0.25) is 0 Å². The number of hydrogen-bond donors (Lipinski definition) is 3. The number of carbonyl (C=O) groups is 1. The van der Waals surface area contributed by atoms with Crippen LogP contribution in [-0.4, -0.2) is 31.6 Å². The molecular formula is C12H23N3O. The van der Waals surface area contributed by atoms with Gasteiger partial charge in [-0.2, -0.15) is 0 Å². The molecule has 0 aromatic carbocycles. The van der Waals surface area contributed by atoms with Gasteiger partial charge >= 0.3 is 0 Å². The first-order valence-corrected chi connectivity index (χ1v) is 6.52. The Bertz CT molecular complexity index is 240. The van der Waals surface area contributed by atoms with Gasteiger partial charge in [0.2, 0.25) is 5.91 Å². The van der Waals surface area contributed by atoms with Gasteiger partial charge in [0.25, 0.3) is 0 Å². The number of carbonyl (C=O) groups excluding carboxylic acids is 1. The molecule has 0 heterocycles. The summed E-state index contributed by atoms with van der Waals surface area (Å²) >= 11 is 0. The van der Waals surface area contributed by atoms with Crippen LogP contribution in [0, 0.1) is 11.8 Å². The number of hydrogen-bond acceptors (Lipinski definition) is 3. The molecule has 1 amide bonds. The molecule has 2 aliphatic carbocycles. The topological polar surface area (TPSA) is 67.2 Å². The van der Waals surface area contributed by atoms with E-state index < -0.39 is 0 Å². The largest absolute Gasteiger partial charge is 0.355 e. The molecule has 4 N–H and O–H groups in total. The lowest BCUT2D eigenvalue weighted by atomic mass is 10.0. The van der Waals surface area contributed by atoms with Crippen molar-refractivity contribution >= 4 is 5.91 Å². The van der Waals surface area contributed by atoms with Gasteiger partial charge in [0.1, 0.15) is 0 Å². The third-order valence-electron chi connectivity index (χ3n) is 3.74. The fourth-order valence-corrected chi connectivity index (χ4v) is 2.52. The Morgan fingerprint density at radius 1 is 1.19 bits per heavy atom. The van der Waals surface area contributed by atoms with Gasteiger partial charge in [0.05, 0.1) is 0 Å². The fourth-order valence-electron chi connectivity index (χ4n) is 2.52. The molecule has 2 fully saturated rings. The highest BCUT2D eigenvalue weighted by Crippen LogP contribution is 2.28. The molecule has 0 bridgehead atoms. The standard InChI is InChI=1S/C12H23N3O/c13-8-10-2-1-3-11(10)14-6-7-15-12(16)9-4-5-9/h9-11,14H,1-8,13H2,(H,15,16). The van der Waals surface area contributed by atoms with E-state index >= 15 is 0 Å². The molecule has 92 valence electrons. The van der Waals surface area contributed by atoms with E-state index in [4.69, 9.17) is 5.73 Å². The number of nitrogens with one attached hydrogen (secondary N) is 2. The first-order chi connectivity index (χ1) is 7.81. The maximum Gasteiger partial charge on any atom is 0.223 e. The zero-order valence-electron chi connectivity index (χ0n) is 9.87. The molecule has 0 saturated heterocycles. The van der Waals surface area contributed by atoms with Gasteiger partial charge < -0.3 is 16.4 Å². The second kappa shape index (κ2) is 5.64. The zero-order chi connectivity index (χ0) is 11.4. The minimum absolute atomic E-state index is 0.239. The van der Waals surface area contributed by atoms with E-state index in [1.807, 2.05) is 0 Å². The normalized spacial score (nSPS) is 29.3. The molecule has 16 heavy (non-hydrogen) atoms. The smallest absolute Gasteiger partial charge is 0.223 e. The van der Waals surface area contributed by atoms with E-state index in [9.17, 15) is 4.79 Å². The Labute approximate surface area is 97.3 Å². The summed E-state index contributed by atoms with van der Waals surface area (Å²) in [6.07, 6.45) is 5.93. The van der Waals surface area contributed by atoms with E-state index in [1.54, 1.807) is 0 Å². The van der Waals surface area contributed by atoms with Gasteiger partial charge in [-0.25, -0.2) is 0 Å². The Hall–Kier alpha value is -0.610. The van der Waals surface area contributed by atoms with Gasteiger partial charge in [-0.1, -0.05) is 6.42 Å². The third-order valence-corrected chi connectivity index (χ3v) is 3.74. The van der Waals surface area contributed by atoms with Crippen LogP contribution < -0.4 is 16.4 Å². The second-order valence-electron chi connectivity index (χ2n) is 5.05. The lowest BCUT2D eigenvalue weighted by Crippen LogP contribution is -2.40. The van der Waals surface area contributed by atoms with Gasteiger partial charge in [-0.15, -0.1) is 0 Å². The molecule has 0 aromatic rings. The van der Waals surface area contributed by atoms with Crippen molar-refractivity contribution in [3.05, 3.63) is 0 Å². The Morgan fingerprint density at radius 2 is 2.00 bits per heavy atom. The summed E-state index contributed by atoms with van der Waals surface area (Å²) in [6, 6.07) is 0.572. The quantitative estimate of drug-likeness (QED) is 0.567. The van der Waals surface area contributed by atoms with Crippen molar-refractivity contribution in [2.75, 3.05) is 19.6 Å². The van der Waals surface area contributed by atoms with Gasteiger partial charge in [-0.05, 0) is 38.1 Å². The average Bonchev–Trinajstić information content (AvgIpc) is 3.04. The van der Waals surface area contributed by atoms with Crippen LogP contribution in [0.15, 0.2) is 0 Å². The highest BCUT2D eigenvalue weighted by Gasteiger charge is 2.29. The SMILES string of the molecule is NCC1CCCC1NCCNC(=O)C1CC1. The Balaban J connectivity index is 1.55. The molecule has 0 radical (unpaired) electrons. The van der Waals surface area contributed by atoms with Gasteiger partial charge in [-0.3, -0.25) is 4.79 Å². The lowest BCUT2D eigenvalue weighted by Gasteiger charge is -2.19. The predicted octanol–water partition coefficient (Wildman–Crippen LogP) is 0.230. The molecule has 0 spiro atoms. The number of amides is 1. The lowest BCUT2D eigenvalue weighted by molar-refractivity contribution is -0.122. The van der Waals surface area contributed by atoms with Crippen molar-refractivity contribution in [1.29, 1.82) is 0 Å². The summed E-state index contributed by atoms with van der Waals surface area (Å²) in [5.74, 6) is 1.20. The monoisotopic (exact) mass is 225 g/mol. The van der Waals surface area contributed by atoms with Crippen LogP contribution >= 0.6 is 0 Å². The van der Waals surface area contributed by atoms with Crippen LogP contribution in [0.3, 0.4) is 0 Å². The predicted molar refractivity (Wildman–Crippen MR) is 63.9 cm³/mol. The number of nitrogens with two attached hydrogens (primary N) is 1. The van der Waals surface area contributed by atoms with Crippen LogP contribution in [0.1, 0.15) is 32.1 Å². The van der Waals surface area contributed by atoms with Crippen LogP contribution in [-0.2, 0) is 4.79 Å². The van der Waals surface area contributed by atoms with Crippen LogP contribution in [0.4, 0.5) is 0 Å². The molecule has 0 aromatic heterocycles. The first-order valence-electron chi connectivity index (χ1n) is 6.52. The summed E-state index contributed by atoms with van der Waals surface area (Å²) in [4.78, 5) is 11.4. The third kappa shape index (κ3) is 3.19. The number of rotatable bonds is 6. The maximum absolute atomic E-state index is 11.4. The zero-order valence-corrected chi connectivity index (χ0v) is 9.87. The molecule has 4 nitrogen and oxygen atoms in total. The Morgan fingerprint density at radius 3 is 2.69 bits per heavy atom. The van der Waals surface area contributed by atoms with Crippen LogP contribution in [0.5, 0.6) is 0 Å². The molecule has 2 atom stereocenters. The summed E-state index contributed by atoms with van der Waals surface area (Å²) in [5.41, 5.74) is 5.71. The van der Waals surface area contributed by atoms with E-state index in [-0.39, 0.29) is 5.91 Å². The molecule has 4 heteroatoms. The van der Waals surface area contributed by atoms with Crippen molar-refractivity contribution in [3.8, 4) is 0 Å². The van der Waals surface area contributed by atoms with Crippen molar-refractivity contribution in [1.82, 2.24) is 10.6 Å². The van der Waals surface area contributed by atoms with Crippen molar-refractivity contribution in [2.45, 2.75) is 38.1 Å². The maximum atomic E-state index is 11.4. The minimum atomic E-state index is 0.239. The summed E-state index contributed by atoms with van der Waals surface area (Å²) in [6.45, 7) is 2.41. The molecule has 2 aliphatic rings. The van der Waals surface area contributed by atoms with Gasteiger partial charge in [0.15, 0.2) is 0 Å². The molecule has 0 aliphatic heterocycles. The van der Waals surface area contributed by atoms with E-state index in [1.165, 1.54) is 19.3 Å². The highest BCUT2D eigenvalue weighted by molar-refractivity contribution is 5.80. The Kier molecular flexibility index (Phi) is 4.18. The molecule has 2 rings (SSSR count). The van der Waals surface area contributed by atoms with E-state index in [0.717, 1.165) is 32.5 Å². The average molecular weight is 225 g/mol. The summed E-state index contributed by atoms with van der Waals surface area (Å²) < 4.78 is 0. The second-order valence-corrected chi connectivity index (χ2v) is 5.05. The van der Waals surface area contributed by atoms with Crippen molar-refractivity contribution in [3.63, 3.8) is 0 Å². The summed E-state index contributed by atoms with van der Waals surface area (Å²) in [5, 5.41) is 6.47. The first kappa shape index (κ1) is 11.9. The van der Waals surface area contributed by atoms with Crippen molar-refractivity contribution in [2.24, 2.45) is 17.6 Å². The van der Waals surface area contributed by atoms with E-state index in [0.29, 0.717) is 17.9 Å².